The van der Waals surface area contributed by atoms with Gasteiger partial charge in [0.25, 0.3) is 11.4 Å². The number of hydrogen-bond acceptors (Lipinski definition) is 9. The van der Waals surface area contributed by atoms with Gasteiger partial charge in [-0.1, -0.05) is 5.92 Å². The fraction of sp³-hybridized carbons (Fsp3) is 0.333. The summed E-state index contributed by atoms with van der Waals surface area (Å²) in [7, 11) is -4.40. The van der Waals surface area contributed by atoms with Crippen molar-refractivity contribution in [2.45, 2.75) is 30.9 Å². The minimum absolute atomic E-state index is 0.0127. The van der Waals surface area contributed by atoms with E-state index in [0.29, 0.717) is 4.57 Å². The van der Waals surface area contributed by atoms with Gasteiger partial charge in [0.1, 0.15) is 35.9 Å². The van der Waals surface area contributed by atoms with Crippen LogP contribution >= 0.6 is 7.82 Å². The van der Waals surface area contributed by atoms with Crippen molar-refractivity contribution in [3.63, 3.8) is 0 Å². The number of hydrogen-bond donors (Lipinski definition) is 3. The molecule has 2 aliphatic rings. The first kappa shape index (κ1) is 22.3. The average molecular weight is 472 g/mol. The van der Waals surface area contributed by atoms with Gasteiger partial charge in [0, 0.05) is 11.8 Å². The molecule has 1 unspecified atom stereocenters. The second-order valence-electron chi connectivity index (χ2n) is 6.92. The van der Waals surface area contributed by atoms with Gasteiger partial charge in [-0.2, -0.15) is 0 Å². The number of aromatic nitrogens is 2. The summed E-state index contributed by atoms with van der Waals surface area (Å²) in [6, 6.07) is 3.32. The molecule has 0 aliphatic carbocycles. The van der Waals surface area contributed by atoms with Gasteiger partial charge < -0.3 is 19.5 Å². The number of nitrogens with zero attached hydrogens (tertiary/aromatic N) is 1. The van der Waals surface area contributed by atoms with Gasteiger partial charge >= 0.3 is 13.5 Å². The zero-order valence-electron chi connectivity index (χ0n) is 15.9. The van der Waals surface area contributed by atoms with Crippen molar-refractivity contribution in [1.29, 1.82) is 0 Å². The van der Waals surface area contributed by atoms with E-state index in [1.54, 1.807) is 0 Å². The number of fused-ring (bicyclic) bond motifs is 1. The molecular formula is C18H15F2N2O9P. The minimum Gasteiger partial charge on any atom is -0.404 e. The van der Waals surface area contributed by atoms with Crippen molar-refractivity contribution in [2.75, 3.05) is 6.61 Å². The van der Waals surface area contributed by atoms with E-state index in [0.717, 1.165) is 18.3 Å². The smallest absolute Gasteiger partial charge is 0.404 e. The van der Waals surface area contributed by atoms with E-state index >= 15 is 4.39 Å². The molecule has 5 atom stereocenters. The monoisotopic (exact) mass is 472 g/mol. The molecule has 32 heavy (non-hydrogen) atoms. The molecule has 3 heterocycles. The van der Waals surface area contributed by atoms with Gasteiger partial charge in [-0.25, -0.2) is 18.1 Å². The summed E-state index contributed by atoms with van der Waals surface area (Å²) in [6.07, 6.45) is -0.0756. The SMILES string of the molecule is C#Cc1cn([C@@H]2O[C@](F)(COP3(=O)OCc4cc(F)ccc4O3)[C@@H](O)[C@H]2O)c(=O)[nH]c1=O. The van der Waals surface area contributed by atoms with Crippen LogP contribution in [0.2, 0.25) is 0 Å². The molecule has 1 aromatic carbocycles. The molecule has 2 aliphatic heterocycles. The van der Waals surface area contributed by atoms with Gasteiger partial charge in [0.15, 0.2) is 6.23 Å². The number of aromatic amines is 1. The summed E-state index contributed by atoms with van der Waals surface area (Å²) in [6.45, 7) is -1.60. The number of terminal acetylenes is 1. The molecule has 2 aromatic rings. The highest BCUT2D eigenvalue weighted by molar-refractivity contribution is 7.49. The number of nitrogens with one attached hydrogen (secondary N) is 1. The van der Waals surface area contributed by atoms with Gasteiger partial charge in [-0.05, 0) is 18.2 Å². The first-order valence-corrected chi connectivity index (χ1v) is 10.4. The number of ether oxygens (including phenoxy) is 1. The largest absolute Gasteiger partial charge is 0.530 e. The minimum atomic E-state index is -4.40. The lowest BCUT2D eigenvalue weighted by molar-refractivity contribution is -0.205. The Bertz CT molecular complexity index is 1270. The van der Waals surface area contributed by atoms with Crippen molar-refractivity contribution in [2.24, 2.45) is 0 Å². The van der Waals surface area contributed by atoms with Crippen molar-refractivity contribution in [3.8, 4) is 18.1 Å². The zero-order chi connectivity index (χ0) is 23.3. The van der Waals surface area contributed by atoms with E-state index in [-0.39, 0.29) is 23.5 Å². The molecule has 1 aromatic heterocycles. The average Bonchev–Trinajstić information content (AvgIpc) is 2.97. The van der Waals surface area contributed by atoms with Crippen molar-refractivity contribution < 1.29 is 41.9 Å². The van der Waals surface area contributed by atoms with Gasteiger partial charge in [-0.15, -0.1) is 6.42 Å². The standard InChI is InChI=1S/C18H15F2N2O9P/c1-2-9-6-22(17(26)21-15(9)25)16-13(23)14(24)18(20,30-16)8-29-32(27)28-7-10-5-11(19)3-4-12(10)31-32/h1,3-6,13-14,16,23-24H,7-8H2,(H,21,25,26)/t13-,14+,16-,18-,32?/m1/s1. The van der Waals surface area contributed by atoms with Crippen LogP contribution in [0.15, 0.2) is 34.0 Å². The number of H-pyrrole nitrogens is 1. The third-order valence-electron chi connectivity index (χ3n) is 4.80. The van der Waals surface area contributed by atoms with Crippen LogP contribution in [0.3, 0.4) is 0 Å². The van der Waals surface area contributed by atoms with E-state index in [2.05, 4.69) is 0 Å². The van der Waals surface area contributed by atoms with Gasteiger partial charge in [-0.3, -0.25) is 23.4 Å². The Kier molecular flexibility index (Phi) is 5.54. The van der Waals surface area contributed by atoms with Crippen molar-refractivity contribution >= 4 is 7.82 Å². The van der Waals surface area contributed by atoms with Crippen molar-refractivity contribution in [1.82, 2.24) is 9.55 Å². The molecule has 0 radical (unpaired) electrons. The Balaban J connectivity index is 1.53. The lowest BCUT2D eigenvalue weighted by Crippen LogP contribution is -2.43. The first-order valence-electron chi connectivity index (χ1n) is 8.97. The maximum Gasteiger partial charge on any atom is 0.530 e. The topological polar surface area (TPSA) is 149 Å². The number of halogens is 2. The normalized spacial score (nSPS) is 31.5. The molecular weight excluding hydrogens is 457 g/mol. The third-order valence-corrected chi connectivity index (χ3v) is 6.11. The molecule has 0 bridgehead atoms. The molecule has 3 N–H and O–H groups in total. The molecule has 11 nitrogen and oxygen atoms in total. The Labute approximate surface area is 177 Å². The lowest BCUT2D eigenvalue weighted by atomic mass is 10.1. The van der Waals surface area contributed by atoms with Crippen LogP contribution in [0.5, 0.6) is 5.75 Å². The molecule has 1 saturated heterocycles. The predicted octanol–water partition coefficient (Wildman–Crippen LogP) is 0.307. The molecule has 0 saturated carbocycles. The summed E-state index contributed by atoms with van der Waals surface area (Å²) >= 11 is 0. The summed E-state index contributed by atoms with van der Waals surface area (Å²) in [5.74, 6) is -1.75. The van der Waals surface area contributed by atoms with E-state index < -0.39 is 55.8 Å². The van der Waals surface area contributed by atoms with Crippen LogP contribution in [-0.4, -0.2) is 44.4 Å². The van der Waals surface area contributed by atoms with Crippen molar-refractivity contribution in [3.05, 3.63) is 62.2 Å². The Morgan fingerprint density at radius 2 is 2.16 bits per heavy atom. The summed E-state index contributed by atoms with van der Waals surface area (Å²) in [4.78, 5) is 25.5. The number of benzene rings is 1. The van der Waals surface area contributed by atoms with Gasteiger partial charge in [0.2, 0.25) is 0 Å². The summed E-state index contributed by atoms with van der Waals surface area (Å²) < 4.78 is 61.7. The zero-order valence-corrected chi connectivity index (χ0v) is 16.8. The number of phosphoric acid groups is 1. The predicted molar refractivity (Wildman–Crippen MR) is 101 cm³/mol. The quantitative estimate of drug-likeness (QED) is 0.422. The molecule has 4 rings (SSSR count). The van der Waals surface area contributed by atoms with Gasteiger partial charge in [0.05, 0.1) is 6.61 Å². The fourth-order valence-electron chi connectivity index (χ4n) is 3.14. The number of alkyl halides is 1. The molecule has 1 fully saturated rings. The highest BCUT2D eigenvalue weighted by Gasteiger charge is 2.57. The van der Waals surface area contributed by atoms with Crippen LogP contribution in [0.25, 0.3) is 0 Å². The maximum absolute atomic E-state index is 15.3. The number of phosphoric ester groups is 1. The first-order chi connectivity index (χ1) is 15.0. The number of rotatable bonds is 4. The maximum atomic E-state index is 15.3. The van der Waals surface area contributed by atoms with E-state index in [4.69, 9.17) is 24.7 Å². The third kappa shape index (κ3) is 3.88. The fourth-order valence-corrected chi connectivity index (χ4v) is 4.38. The molecule has 0 amide bonds. The van der Waals surface area contributed by atoms with Crippen LogP contribution in [0.1, 0.15) is 17.4 Å². The highest BCUT2D eigenvalue weighted by Crippen LogP contribution is 2.55. The van der Waals surface area contributed by atoms with Crippen LogP contribution < -0.4 is 15.8 Å². The Hall–Kier alpha value is -2.85. The Morgan fingerprint density at radius 3 is 2.88 bits per heavy atom. The van der Waals surface area contributed by atoms with Crippen LogP contribution in [0.4, 0.5) is 8.78 Å². The van der Waals surface area contributed by atoms with Crippen LogP contribution in [0, 0.1) is 18.2 Å². The van der Waals surface area contributed by atoms with E-state index in [9.17, 15) is 28.8 Å². The second kappa shape index (κ2) is 7.93. The molecule has 170 valence electrons. The summed E-state index contributed by atoms with van der Waals surface area (Å²) in [5, 5.41) is 20.4. The summed E-state index contributed by atoms with van der Waals surface area (Å²) in [5.41, 5.74) is -2.05. The second-order valence-corrected chi connectivity index (χ2v) is 8.51. The lowest BCUT2D eigenvalue weighted by Gasteiger charge is -2.28. The molecule has 0 spiro atoms. The highest BCUT2D eigenvalue weighted by atomic mass is 31.2. The van der Waals surface area contributed by atoms with E-state index in [1.165, 1.54) is 6.07 Å². The van der Waals surface area contributed by atoms with Crippen LogP contribution in [-0.2, 0) is 25.0 Å². The number of aliphatic hydroxyl groups is 2. The van der Waals surface area contributed by atoms with E-state index in [1.807, 2.05) is 10.9 Å². The molecule has 14 heteroatoms. The Morgan fingerprint density at radius 1 is 1.41 bits per heavy atom. The number of aliphatic hydroxyl groups excluding tert-OH is 2.